The lowest BCUT2D eigenvalue weighted by Gasteiger charge is -2.07. The molecule has 124 valence electrons. The summed E-state index contributed by atoms with van der Waals surface area (Å²) in [5, 5.41) is 2.72. The van der Waals surface area contributed by atoms with Gasteiger partial charge in [0.05, 0.1) is 0 Å². The van der Waals surface area contributed by atoms with Crippen molar-refractivity contribution in [3.63, 3.8) is 0 Å². The summed E-state index contributed by atoms with van der Waals surface area (Å²) < 4.78 is 14.5. The lowest BCUT2D eigenvalue weighted by Crippen LogP contribution is -2.28. The van der Waals surface area contributed by atoms with E-state index in [0.717, 1.165) is 5.56 Å². The molecule has 0 radical (unpaired) electrons. The number of esters is 1. The lowest BCUT2D eigenvalue weighted by atomic mass is 10.1. The van der Waals surface area contributed by atoms with Gasteiger partial charge in [-0.1, -0.05) is 26.0 Å². The van der Waals surface area contributed by atoms with Gasteiger partial charge in [-0.05, 0) is 24.1 Å². The van der Waals surface area contributed by atoms with Gasteiger partial charge in [0.15, 0.2) is 0 Å². The monoisotopic (exact) mass is 311 g/mol. The SMILES string of the molecule is CC.COCC(=O)NCCc1cccc(OC(=O)COC)c1. The largest absolute Gasteiger partial charge is 0.425 e. The van der Waals surface area contributed by atoms with Crippen LogP contribution in [-0.2, 0) is 25.5 Å². The standard InChI is InChI=1S/C14H19NO5.C2H6/c1-18-9-13(16)15-7-6-11-4-3-5-12(8-11)20-14(17)10-19-2;1-2/h3-5,8H,6-7,9-10H2,1-2H3,(H,15,16);1-2H3. The molecule has 0 aliphatic heterocycles. The van der Waals surface area contributed by atoms with E-state index in [4.69, 9.17) is 9.47 Å². The van der Waals surface area contributed by atoms with Gasteiger partial charge in [-0.15, -0.1) is 0 Å². The number of carbonyl (C=O) groups excluding carboxylic acids is 2. The van der Waals surface area contributed by atoms with Gasteiger partial charge in [0.2, 0.25) is 5.91 Å². The molecule has 1 aromatic carbocycles. The summed E-state index contributed by atoms with van der Waals surface area (Å²) in [5.41, 5.74) is 0.963. The number of rotatable bonds is 8. The van der Waals surface area contributed by atoms with E-state index < -0.39 is 5.97 Å². The Morgan fingerprint density at radius 2 is 1.77 bits per heavy atom. The zero-order chi connectivity index (χ0) is 16.8. The van der Waals surface area contributed by atoms with E-state index in [1.807, 2.05) is 19.9 Å². The van der Waals surface area contributed by atoms with Gasteiger partial charge in [-0.2, -0.15) is 0 Å². The van der Waals surface area contributed by atoms with Crippen molar-refractivity contribution in [3.8, 4) is 5.75 Å². The zero-order valence-electron chi connectivity index (χ0n) is 13.7. The smallest absolute Gasteiger partial charge is 0.337 e. The Kier molecular flexibility index (Phi) is 11.7. The second kappa shape index (κ2) is 12.8. The van der Waals surface area contributed by atoms with Gasteiger partial charge in [0, 0.05) is 20.8 Å². The fourth-order valence-corrected chi connectivity index (χ4v) is 1.57. The van der Waals surface area contributed by atoms with Gasteiger partial charge in [-0.25, -0.2) is 4.79 Å². The maximum Gasteiger partial charge on any atom is 0.337 e. The predicted molar refractivity (Wildman–Crippen MR) is 83.9 cm³/mol. The minimum absolute atomic E-state index is 0.0503. The van der Waals surface area contributed by atoms with Gasteiger partial charge < -0.3 is 19.5 Å². The Hall–Kier alpha value is -1.92. The number of carbonyl (C=O) groups is 2. The van der Waals surface area contributed by atoms with Crippen molar-refractivity contribution in [3.05, 3.63) is 29.8 Å². The topological polar surface area (TPSA) is 73.9 Å². The quantitative estimate of drug-likeness (QED) is 0.583. The Labute approximate surface area is 131 Å². The van der Waals surface area contributed by atoms with E-state index in [1.165, 1.54) is 14.2 Å². The van der Waals surface area contributed by atoms with E-state index >= 15 is 0 Å². The number of hydrogen-bond donors (Lipinski definition) is 1. The highest BCUT2D eigenvalue weighted by atomic mass is 16.6. The number of methoxy groups -OCH3 is 2. The molecule has 22 heavy (non-hydrogen) atoms. The third-order valence-corrected chi connectivity index (χ3v) is 2.40. The molecule has 6 heteroatoms. The molecular formula is C16H25NO5. The Balaban J connectivity index is 0.00000211. The normalized spacial score (nSPS) is 9.45. The first kappa shape index (κ1) is 20.1. The number of hydrogen-bond acceptors (Lipinski definition) is 5. The van der Waals surface area contributed by atoms with E-state index in [1.54, 1.807) is 18.2 Å². The highest BCUT2D eigenvalue weighted by molar-refractivity contribution is 5.77. The second-order valence-corrected chi connectivity index (χ2v) is 4.09. The van der Waals surface area contributed by atoms with Crippen LogP contribution in [0.2, 0.25) is 0 Å². The van der Waals surface area contributed by atoms with Crippen LogP contribution in [0, 0.1) is 0 Å². The summed E-state index contributed by atoms with van der Waals surface area (Å²) in [5.74, 6) is -0.138. The average Bonchev–Trinajstić information content (AvgIpc) is 2.50. The molecular weight excluding hydrogens is 286 g/mol. The predicted octanol–water partition coefficient (Wildman–Crippen LogP) is 1.57. The molecule has 0 atom stereocenters. The van der Waals surface area contributed by atoms with Gasteiger partial charge in [0.25, 0.3) is 0 Å². The maximum atomic E-state index is 11.3. The first-order valence-corrected chi connectivity index (χ1v) is 7.20. The van der Waals surface area contributed by atoms with Crippen LogP contribution in [0.3, 0.4) is 0 Å². The molecule has 1 rings (SSSR count). The summed E-state index contributed by atoms with van der Waals surface area (Å²) in [6, 6.07) is 7.15. The fraction of sp³-hybridized carbons (Fsp3) is 0.500. The molecule has 0 heterocycles. The molecule has 0 aliphatic carbocycles. The van der Waals surface area contributed by atoms with Crippen molar-refractivity contribution >= 4 is 11.9 Å². The first-order chi connectivity index (χ1) is 10.7. The molecule has 0 spiro atoms. The number of nitrogens with one attached hydrogen (secondary N) is 1. The zero-order valence-corrected chi connectivity index (χ0v) is 13.7. The molecule has 0 bridgehead atoms. The van der Waals surface area contributed by atoms with Crippen LogP contribution in [0.4, 0.5) is 0 Å². The van der Waals surface area contributed by atoms with Gasteiger partial charge in [-0.3, -0.25) is 4.79 Å². The third-order valence-electron chi connectivity index (χ3n) is 2.40. The molecule has 0 aromatic heterocycles. The average molecular weight is 311 g/mol. The number of ether oxygens (including phenoxy) is 3. The van der Waals surface area contributed by atoms with Crippen LogP contribution in [0.5, 0.6) is 5.75 Å². The third kappa shape index (κ3) is 9.10. The van der Waals surface area contributed by atoms with Crippen LogP contribution >= 0.6 is 0 Å². The molecule has 0 saturated heterocycles. The molecule has 0 saturated carbocycles. The van der Waals surface area contributed by atoms with E-state index in [2.05, 4.69) is 10.1 Å². The lowest BCUT2D eigenvalue weighted by molar-refractivity contribution is -0.138. The summed E-state index contributed by atoms with van der Waals surface area (Å²) >= 11 is 0. The van der Waals surface area contributed by atoms with Crippen LogP contribution in [-0.4, -0.2) is 45.9 Å². The van der Waals surface area contributed by atoms with Crippen molar-refractivity contribution in [2.45, 2.75) is 20.3 Å². The molecule has 1 N–H and O–H groups in total. The van der Waals surface area contributed by atoms with Crippen molar-refractivity contribution in [2.24, 2.45) is 0 Å². The first-order valence-electron chi connectivity index (χ1n) is 7.20. The van der Waals surface area contributed by atoms with Gasteiger partial charge in [0.1, 0.15) is 19.0 Å². The van der Waals surface area contributed by atoms with Crippen LogP contribution in [0.1, 0.15) is 19.4 Å². The van der Waals surface area contributed by atoms with Crippen LogP contribution in [0.15, 0.2) is 24.3 Å². The minimum atomic E-state index is -0.446. The van der Waals surface area contributed by atoms with Crippen molar-refractivity contribution < 1.29 is 23.8 Å². The maximum absolute atomic E-state index is 11.3. The molecule has 0 unspecified atom stereocenters. The van der Waals surface area contributed by atoms with Crippen molar-refractivity contribution in [2.75, 3.05) is 34.0 Å². The summed E-state index contributed by atoms with van der Waals surface area (Å²) in [4.78, 5) is 22.5. The summed E-state index contributed by atoms with van der Waals surface area (Å²) in [7, 11) is 2.90. The molecule has 1 amide bonds. The van der Waals surface area contributed by atoms with Crippen molar-refractivity contribution in [1.82, 2.24) is 5.32 Å². The molecule has 1 aromatic rings. The van der Waals surface area contributed by atoms with Crippen LogP contribution < -0.4 is 10.1 Å². The molecule has 6 nitrogen and oxygen atoms in total. The fourth-order valence-electron chi connectivity index (χ4n) is 1.57. The van der Waals surface area contributed by atoms with E-state index in [9.17, 15) is 9.59 Å². The Morgan fingerprint density at radius 3 is 2.41 bits per heavy atom. The number of benzene rings is 1. The van der Waals surface area contributed by atoms with Gasteiger partial charge >= 0.3 is 5.97 Å². The van der Waals surface area contributed by atoms with E-state index in [-0.39, 0.29) is 19.1 Å². The summed E-state index contributed by atoms with van der Waals surface area (Å²) in [6.07, 6.45) is 0.644. The Morgan fingerprint density at radius 1 is 1.09 bits per heavy atom. The highest BCUT2D eigenvalue weighted by Gasteiger charge is 2.05. The minimum Gasteiger partial charge on any atom is -0.425 e. The van der Waals surface area contributed by atoms with Crippen molar-refractivity contribution in [1.29, 1.82) is 0 Å². The highest BCUT2D eigenvalue weighted by Crippen LogP contribution is 2.13. The summed E-state index contributed by atoms with van der Waals surface area (Å²) in [6.45, 7) is 4.46. The van der Waals surface area contributed by atoms with Crippen LogP contribution in [0.25, 0.3) is 0 Å². The second-order valence-electron chi connectivity index (χ2n) is 4.09. The molecule has 0 fully saturated rings. The molecule has 0 aliphatic rings. The number of amides is 1. The Bertz CT molecular complexity index is 448. The van der Waals surface area contributed by atoms with E-state index in [0.29, 0.717) is 18.7 Å².